The van der Waals surface area contributed by atoms with Crippen LogP contribution in [-0.2, 0) is 0 Å². The van der Waals surface area contributed by atoms with Crippen molar-refractivity contribution in [1.82, 2.24) is 0 Å². The van der Waals surface area contributed by atoms with Gasteiger partial charge in [-0.3, -0.25) is 0 Å². The van der Waals surface area contributed by atoms with Gasteiger partial charge in [-0.2, -0.15) is 0 Å². The van der Waals surface area contributed by atoms with Gasteiger partial charge in [0.05, 0.1) is 0 Å². The maximum atomic E-state index is 5.63. The highest BCUT2D eigenvalue weighted by Gasteiger charge is 1.96. The van der Waals surface area contributed by atoms with E-state index in [1.807, 2.05) is 0 Å². The number of hydrogen-bond acceptors (Lipinski definition) is 4. The van der Waals surface area contributed by atoms with Crippen LogP contribution in [0, 0.1) is 0 Å². The Kier molecular flexibility index (Phi) is 5.60. The zero-order valence-electron chi connectivity index (χ0n) is 6.84. The van der Waals surface area contributed by atoms with Crippen molar-refractivity contribution in [3.05, 3.63) is 11.4 Å². The van der Waals surface area contributed by atoms with E-state index in [2.05, 4.69) is 0 Å². The predicted octanol–water partition coefficient (Wildman–Crippen LogP) is -0.797. The molecule has 0 saturated heterocycles. The molecule has 0 aliphatic rings. The summed E-state index contributed by atoms with van der Waals surface area (Å²) in [5, 5.41) is 0. The minimum absolute atomic E-state index is 0.551. The molecule has 0 fully saturated rings. The first-order valence-corrected chi connectivity index (χ1v) is 3.85. The minimum Gasteiger partial charge on any atom is -0.401 e. The van der Waals surface area contributed by atoms with Gasteiger partial charge in [0, 0.05) is 17.8 Å². The largest absolute Gasteiger partial charge is 0.401 e. The van der Waals surface area contributed by atoms with E-state index in [-0.39, 0.29) is 0 Å². The SMILES string of the molecule is NCCCC(N)=C(N)CCN. The second-order valence-corrected chi connectivity index (χ2v) is 2.48. The molecule has 0 amide bonds. The Balaban J connectivity index is 3.73. The third kappa shape index (κ3) is 4.64. The molecule has 0 bridgehead atoms. The van der Waals surface area contributed by atoms with E-state index < -0.39 is 0 Å². The lowest BCUT2D eigenvalue weighted by molar-refractivity contribution is 0.788. The van der Waals surface area contributed by atoms with Gasteiger partial charge in [-0.05, 0) is 25.9 Å². The lowest BCUT2D eigenvalue weighted by Gasteiger charge is -2.04. The Hall–Kier alpha value is -0.740. The van der Waals surface area contributed by atoms with Crippen molar-refractivity contribution in [2.45, 2.75) is 19.3 Å². The maximum absolute atomic E-state index is 5.63. The second kappa shape index (κ2) is 6.00. The van der Waals surface area contributed by atoms with E-state index in [9.17, 15) is 0 Å². The van der Waals surface area contributed by atoms with E-state index in [4.69, 9.17) is 22.9 Å². The molecule has 0 atom stereocenters. The average Bonchev–Trinajstić information content (AvgIpc) is 2.00. The van der Waals surface area contributed by atoms with E-state index in [0.717, 1.165) is 18.5 Å². The van der Waals surface area contributed by atoms with E-state index in [1.165, 1.54) is 0 Å². The van der Waals surface area contributed by atoms with Crippen molar-refractivity contribution in [3.8, 4) is 0 Å². The Bertz CT molecular complexity index is 130. The van der Waals surface area contributed by atoms with Crippen molar-refractivity contribution in [3.63, 3.8) is 0 Å². The molecule has 66 valence electrons. The fourth-order valence-corrected chi connectivity index (χ4v) is 0.769. The number of allylic oxidation sites excluding steroid dienone is 1. The number of nitrogens with two attached hydrogens (primary N) is 4. The second-order valence-electron chi connectivity index (χ2n) is 2.48. The first-order chi connectivity index (χ1) is 5.22. The highest BCUT2D eigenvalue weighted by molar-refractivity contribution is 5.07. The molecule has 0 spiro atoms. The fraction of sp³-hybridized carbons (Fsp3) is 0.714. The van der Waals surface area contributed by atoms with Gasteiger partial charge >= 0.3 is 0 Å². The molecule has 0 radical (unpaired) electrons. The van der Waals surface area contributed by atoms with Crippen LogP contribution in [0.1, 0.15) is 19.3 Å². The predicted molar refractivity (Wildman–Crippen MR) is 47.4 cm³/mol. The van der Waals surface area contributed by atoms with E-state index in [0.29, 0.717) is 25.2 Å². The molecule has 0 aliphatic carbocycles. The molecule has 0 aliphatic heterocycles. The Labute approximate surface area is 67.6 Å². The normalized spacial score (nSPS) is 12.9. The highest BCUT2D eigenvalue weighted by Crippen LogP contribution is 2.02. The lowest BCUT2D eigenvalue weighted by Crippen LogP contribution is -2.14. The smallest absolute Gasteiger partial charge is 0.0284 e. The van der Waals surface area contributed by atoms with Crippen molar-refractivity contribution in [2.75, 3.05) is 13.1 Å². The summed E-state index contributed by atoms with van der Waals surface area (Å²) in [6, 6.07) is 0. The molecule has 0 unspecified atom stereocenters. The summed E-state index contributed by atoms with van der Waals surface area (Å²) in [4.78, 5) is 0. The van der Waals surface area contributed by atoms with Crippen LogP contribution in [-0.4, -0.2) is 13.1 Å². The van der Waals surface area contributed by atoms with Gasteiger partial charge in [-0.1, -0.05) is 0 Å². The minimum atomic E-state index is 0.551. The third-order valence-corrected chi connectivity index (χ3v) is 1.48. The average molecular weight is 158 g/mol. The summed E-state index contributed by atoms with van der Waals surface area (Å²) in [5.41, 5.74) is 23.3. The van der Waals surface area contributed by atoms with Gasteiger partial charge in [-0.15, -0.1) is 0 Å². The van der Waals surface area contributed by atoms with Crippen LogP contribution < -0.4 is 22.9 Å². The standard InChI is InChI=1S/C7H18N4/c8-4-1-2-6(10)7(11)3-5-9/h1-5,8-11H2. The summed E-state index contributed by atoms with van der Waals surface area (Å²) < 4.78 is 0. The lowest BCUT2D eigenvalue weighted by atomic mass is 10.2. The summed E-state index contributed by atoms with van der Waals surface area (Å²) in [6.45, 7) is 1.20. The molecular weight excluding hydrogens is 140 g/mol. The number of rotatable bonds is 5. The first-order valence-electron chi connectivity index (χ1n) is 3.85. The quantitative estimate of drug-likeness (QED) is 0.420. The van der Waals surface area contributed by atoms with Crippen molar-refractivity contribution >= 4 is 0 Å². The van der Waals surface area contributed by atoms with Crippen molar-refractivity contribution < 1.29 is 0 Å². The van der Waals surface area contributed by atoms with Gasteiger partial charge in [0.25, 0.3) is 0 Å². The van der Waals surface area contributed by atoms with Gasteiger partial charge in [0.15, 0.2) is 0 Å². The summed E-state index contributed by atoms with van der Waals surface area (Å²) in [7, 11) is 0. The molecule has 11 heavy (non-hydrogen) atoms. The topological polar surface area (TPSA) is 104 Å². The van der Waals surface area contributed by atoms with E-state index in [1.54, 1.807) is 0 Å². The molecule has 0 rings (SSSR count). The zero-order chi connectivity index (χ0) is 8.69. The highest BCUT2D eigenvalue weighted by atomic mass is 14.7. The van der Waals surface area contributed by atoms with Crippen molar-refractivity contribution in [2.24, 2.45) is 22.9 Å². The summed E-state index contributed by atoms with van der Waals surface area (Å²) >= 11 is 0. The molecule has 0 aromatic carbocycles. The Morgan fingerprint density at radius 2 is 1.36 bits per heavy atom. The monoisotopic (exact) mass is 158 g/mol. The molecule has 4 heteroatoms. The van der Waals surface area contributed by atoms with Crippen LogP contribution >= 0.6 is 0 Å². The van der Waals surface area contributed by atoms with Crippen LogP contribution in [0.15, 0.2) is 11.4 Å². The molecule has 0 aromatic heterocycles. The summed E-state index contributed by atoms with van der Waals surface area (Å²) in [5.74, 6) is 0. The fourth-order valence-electron chi connectivity index (χ4n) is 0.769. The van der Waals surface area contributed by atoms with Crippen LogP contribution in [0.4, 0.5) is 0 Å². The first kappa shape index (κ1) is 10.3. The molecule has 0 aromatic rings. The maximum Gasteiger partial charge on any atom is 0.0284 e. The molecule has 0 saturated carbocycles. The van der Waals surface area contributed by atoms with Gasteiger partial charge in [0.1, 0.15) is 0 Å². The van der Waals surface area contributed by atoms with Crippen molar-refractivity contribution in [1.29, 1.82) is 0 Å². The van der Waals surface area contributed by atoms with Gasteiger partial charge in [-0.25, -0.2) is 0 Å². The molecule has 0 heterocycles. The number of hydrogen-bond donors (Lipinski definition) is 4. The molecular formula is C7H18N4. The van der Waals surface area contributed by atoms with Crippen LogP contribution in [0.5, 0.6) is 0 Å². The van der Waals surface area contributed by atoms with Crippen LogP contribution in [0.25, 0.3) is 0 Å². The Morgan fingerprint density at radius 3 is 1.82 bits per heavy atom. The molecule has 4 nitrogen and oxygen atoms in total. The molecule has 8 N–H and O–H groups in total. The van der Waals surface area contributed by atoms with Gasteiger partial charge in [0.2, 0.25) is 0 Å². The van der Waals surface area contributed by atoms with Gasteiger partial charge < -0.3 is 22.9 Å². The third-order valence-electron chi connectivity index (χ3n) is 1.48. The summed E-state index contributed by atoms with van der Waals surface area (Å²) in [6.07, 6.45) is 2.34. The Morgan fingerprint density at radius 1 is 0.818 bits per heavy atom. The zero-order valence-corrected chi connectivity index (χ0v) is 6.84. The van der Waals surface area contributed by atoms with Crippen LogP contribution in [0.2, 0.25) is 0 Å². The van der Waals surface area contributed by atoms with E-state index >= 15 is 0 Å². The van der Waals surface area contributed by atoms with Crippen LogP contribution in [0.3, 0.4) is 0 Å².